The minimum Gasteiger partial charge on any atom is -0.471 e. The molecular weight excluding hydrogens is 376 g/mol. The fourth-order valence-electron chi connectivity index (χ4n) is 3.40. The first-order chi connectivity index (χ1) is 14.0. The van der Waals surface area contributed by atoms with Crippen molar-refractivity contribution in [1.82, 2.24) is 14.9 Å². The fraction of sp³-hybridized carbons (Fsp3) is 0.227. The molecule has 0 saturated carbocycles. The minimum absolute atomic E-state index is 0.0290. The van der Waals surface area contributed by atoms with E-state index in [-0.39, 0.29) is 17.4 Å². The number of benzene rings is 1. The van der Waals surface area contributed by atoms with Gasteiger partial charge in [-0.3, -0.25) is 9.78 Å². The van der Waals surface area contributed by atoms with Gasteiger partial charge in [-0.2, -0.15) is 0 Å². The molecule has 1 aliphatic rings. The Morgan fingerprint density at radius 3 is 2.55 bits per heavy atom. The Bertz CT molecular complexity index is 1040. The first kappa shape index (κ1) is 19.0. The van der Waals surface area contributed by atoms with E-state index >= 15 is 0 Å². The molecule has 29 heavy (non-hydrogen) atoms. The Kier molecular flexibility index (Phi) is 5.20. The van der Waals surface area contributed by atoms with Gasteiger partial charge in [0.15, 0.2) is 6.61 Å². The van der Waals surface area contributed by atoms with Crippen LogP contribution in [0.25, 0.3) is 11.1 Å². The number of pyridine rings is 2. The third kappa shape index (κ3) is 4.08. The van der Waals surface area contributed by atoms with Gasteiger partial charge in [0, 0.05) is 31.2 Å². The van der Waals surface area contributed by atoms with E-state index in [1.165, 1.54) is 6.20 Å². The molecule has 4 rings (SSSR count). The molecule has 0 aliphatic carbocycles. The summed E-state index contributed by atoms with van der Waals surface area (Å²) < 4.78 is 30.0. The maximum atomic E-state index is 12.8. The molecule has 0 spiro atoms. The molecule has 1 aliphatic heterocycles. The summed E-state index contributed by atoms with van der Waals surface area (Å²) in [7, 11) is 0. The van der Waals surface area contributed by atoms with E-state index in [1.54, 1.807) is 17.2 Å². The van der Waals surface area contributed by atoms with E-state index in [4.69, 9.17) is 4.74 Å². The second kappa shape index (κ2) is 7.95. The van der Waals surface area contributed by atoms with Crippen molar-refractivity contribution in [3.63, 3.8) is 0 Å². The van der Waals surface area contributed by atoms with Crippen molar-refractivity contribution in [1.29, 1.82) is 0 Å². The number of aryl methyl sites for hydroxylation is 1. The number of ether oxygens (including phenoxy) is 1. The Morgan fingerprint density at radius 1 is 1.07 bits per heavy atom. The molecule has 3 heterocycles. The van der Waals surface area contributed by atoms with Crippen LogP contribution < -0.4 is 4.74 Å². The molecule has 0 N–H and O–H groups in total. The second-order valence-electron chi connectivity index (χ2n) is 6.90. The molecule has 2 aromatic heterocycles. The van der Waals surface area contributed by atoms with Crippen LogP contribution in [0.1, 0.15) is 27.2 Å². The number of aromatic nitrogens is 2. The van der Waals surface area contributed by atoms with E-state index in [0.29, 0.717) is 13.1 Å². The van der Waals surface area contributed by atoms with E-state index in [2.05, 4.69) is 9.97 Å². The predicted octanol–water partition coefficient (Wildman–Crippen LogP) is 4.25. The number of fused-ring (bicyclic) bond motifs is 1. The van der Waals surface area contributed by atoms with Crippen molar-refractivity contribution in [3.05, 3.63) is 77.2 Å². The van der Waals surface area contributed by atoms with Crippen LogP contribution in [-0.4, -0.2) is 33.8 Å². The second-order valence-corrected chi connectivity index (χ2v) is 6.90. The molecule has 0 atom stereocenters. The Labute approximate surface area is 167 Å². The predicted molar refractivity (Wildman–Crippen MR) is 104 cm³/mol. The molecule has 1 amide bonds. The van der Waals surface area contributed by atoms with Crippen molar-refractivity contribution >= 4 is 5.91 Å². The molecule has 0 fully saturated rings. The van der Waals surface area contributed by atoms with Crippen molar-refractivity contribution in [2.45, 2.75) is 26.4 Å². The van der Waals surface area contributed by atoms with Gasteiger partial charge in [0.2, 0.25) is 5.88 Å². The van der Waals surface area contributed by atoms with Gasteiger partial charge in [-0.15, -0.1) is 0 Å². The van der Waals surface area contributed by atoms with Crippen molar-refractivity contribution in [2.75, 3.05) is 6.61 Å². The first-order valence-electron chi connectivity index (χ1n) is 9.21. The number of nitrogens with zero attached hydrogens (tertiary/aromatic N) is 3. The maximum Gasteiger partial charge on any atom is 0.272 e. The smallest absolute Gasteiger partial charge is 0.272 e. The Morgan fingerprint density at radius 2 is 1.83 bits per heavy atom. The van der Waals surface area contributed by atoms with E-state index in [0.717, 1.165) is 27.9 Å². The van der Waals surface area contributed by atoms with Crippen LogP contribution in [0.3, 0.4) is 0 Å². The van der Waals surface area contributed by atoms with Gasteiger partial charge < -0.3 is 9.64 Å². The van der Waals surface area contributed by atoms with Gasteiger partial charge in [-0.05, 0) is 47.4 Å². The highest BCUT2D eigenvalue weighted by atomic mass is 19.3. The average molecular weight is 395 g/mol. The third-order valence-electron chi connectivity index (χ3n) is 4.77. The summed E-state index contributed by atoms with van der Waals surface area (Å²) in [6.45, 7) is 1.97. The van der Waals surface area contributed by atoms with Gasteiger partial charge in [-0.25, -0.2) is 13.8 Å². The fourth-order valence-corrected chi connectivity index (χ4v) is 3.40. The molecule has 0 saturated heterocycles. The van der Waals surface area contributed by atoms with E-state index < -0.39 is 13.0 Å². The van der Waals surface area contributed by atoms with Crippen LogP contribution >= 0.6 is 0 Å². The standard InChI is InChI=1S/C22H19F2N3O2/c1-14-10-17(6-8-25-14)16-4-2-15(3-5-16)11-27-12-18-7-9-26-21(20(18)22(27)28)29-13-19(23)24/h2-10,19H,11-13H2,1H3. The molecule has 1 aromatic carbocycles. The zero-order valence-corrected chi connectivity index (χ0v) is 15.8. The number of carbonyl (C=O) groups is 1. The van der Waals surface area contributed by atoms with Crippen LogP contribution in [0.2, 0.25) is 0 Å². The number of hydrogen-bond acceptors (Lipinski definition) is 4. The summed E-state index contributed by atoms with van der Waals surface area (Å²) in [6, 6.07) is 13.7. The number of halogens is 2. The summed E-state index contributed by atoms with van der Waals surface area (Å²) in [5.74, 6) is -0.287. The highest BCUT2D eigenvalue weighted by molar-refractivity contribution is 6.00. The zero-order chi connectivity index (χ0) is 20.4. The molecule has 0 radical (unpaired) electrons. The van der Waals surface area contributed by atoms with Crippen molar-refractivity contribution in [2.24, 2.45) is 0 Å². The quantitative estimate of drug-likeness (QED) is 0.626. The lowest BCUT2D eigenvalue weighted by atomic mass is 10.0. The van der Waals surface area contributed by atoms with Gasteiger partial charge in [0.1, 0.15) is 5.56 Å². The van der Waals surface area contributed by atoms with E-state index in [9.17, 15) is 13.6 Å². The number of carbonyl (C=O) groups excluding carboxylic acids is 1. The van der Waals surface area contributed by atoms with Crippen molar-refractivity contribution < 1.29 is 18.3 Å². The molecular formula is C22H19F2N3O2. The van der Waals surface area contributed by atoms with Gasteiger partial charge in [0.25, 0.3) is 12.3 Å². The van der Waals surface area contributed by atoms with Crippen LogP contribution in [0.5, 0.6) is 5.88 Å². The van der Waals surface area contributed by atoms with Gasteiger partial charge >= 0.3 is 0 Å². The number of alkyl halides is 2. The molecule has 0 unspecified atom stereocenters. The number of amides is 1. The van der Waals surface area contributed by atoms with Crippen LogP contribution in [0.4, 0.5) is 8.78 Å². The SMILES string of the molecule is Cc1cc(-c2ccc(CN3Cc4ccnc(OCC(F)F)c4C3=O)cc2)ccn1. The van der Waals surface area contributed by atoms with Crippen LogP contribution in [0, 0.1) is 6.92 Å². The minimum atomic E-state index is -2.62. The van der Waals surface area contributed by atoms with Crippen LogP contribution in [-0.2, 0) is 13.1 Å². The lowest BCUT2D eigenvalue weighted by molar-refractivity contribution is 0.0719. The monoisotopic (exact) mass is 395 g/mol. The molecule has 5 nitrogen and oxygen atoms in total. The summed E-state index contributed by atoms with van der Waals surface area (Å²) in [5.41, 5.74) is 5.09. The summed E-state index contributed by atoms with van der Waals surface area (Å²) in [6.07, 6.45) is 0.630. The molecule has 0 bridgehead atoms. The van der Waals surface area contributed by atoms with Gasteiger partial charge in [-0.1, -0.05) is 24.3 Å². The van der Waals surface area contributed by atoms with Crippen LogP contribution in [0.15, 0.2) is 54.9 Å². The Balaban J connectivity index is 1.49. The van der Waals surface area contributed by atoms with E-state index in [1.807, 2.05) is 43.3 Å². The number of rotatable bonds is 6. The third-order valence-corrected chi connectivity index (χ3v) is 4.77. The zero-order valence-electron chi connectivity index (χ0n) is 15.8. The molecule has 7 heteroatoms. The highest BCUT2D eigenvalue weighted by Gasteiger charge is 2.31. The molecule has 3 aromatic rings. The van der Waals surface area contributed by atoms with Crippen molar-refractivity contribution in [3.8, 4) is 17.0 Å². The average Bonchev–Trinajstić information content (AvgIpc) is 3.03. The van der Waals surface area contributed by atoms with Gasteiger partial charge in [0.05, 0.1) is 0 Å². The highest BCUT2D eigenvalue weighted by Crippen LogP contribution is 2.30. The summed E-state index contributed by atoms with van der Waals surface area (Å²) >= 11 is 0. The topological polar surface area (TPSA) is 55.3 Å². The lowest BCUT2D eigenvalue weighted by Crippen LogP contribution is -2.23. The maximum absolute atomic E-state index is 12.8. The normalized spacial score (nSPS) is 13.1. The Hall–Kier alpha value is -3.35. The first-order valence-corrected chi connectivity index (χ1v) is 9.21. The largest absolute Gasteiger partial charge is 0.471 e. The summed E-state index contributed by atoms with van der Waals surface area (Å²) in [4.78, 5) is 22.6. The number of hydrogen-bond donors (Lipinski definition) is 0. The summed E-state index contributed by atoms with van der Waals surface area (Å²) in [5, 5.41) is 0. The molecule has 148 valence electrons. The lowest BCUT2D eigenvalue weighted by Gasteiger charge is -2.16.